The van der Waals surface area contributed by atoms with Crippen molar-refractivity contribution < 1.29 is 9.18 Å². The molecule has 0 saturated heterocycles. The van der Waals surface area contributed by atoms with Crippen molar-refractivity contribution in [1.82, 2.24) is 9.88 Å². The topological polar surface area (TPSA) is 57.0 Å². The van der Waals surface area contributed by atoms with Gasteiger partial charge < -0.3 is 4.90 Å². The molecule has 0 spiro atoms. The average Bonchev–Trinajstić information content (AvgIpc) is 2.49. The minimum absolute atomic E-state index is 0.0637. The lowest BCUT2D eigenvalue weighted by atomic mass is 10.1. The number of carbonyl (C=O) groups excluding carboxylic acids is 1. The molecule has 0 N–H and O–H groups in total. The quantitative estimate of drug-likeness (QED) is 0.860. The number of benzene rings is 1. The number of carbonyl (C=O) groups is 1. The van der Waals surface area contributed by atoms with Gasteiger partial charge in [-0.2, -0.15) is 5.26 Å². The Morgan fingerprint density at radius 1 is 1.30 bits per heavy atom. The molecule has 4 nitrogen and oxygen atoms in total. The van der Waals surface area contributed by atoms with Gasteiger partial charge in [0.25, 0.3) is 5.91 Å². The molecule has 0 fully saturated rings. The molecule has 1 amide bonds. The van der Waals surface area contributed by atoms with Crippen LogP contribution >= 0.6 is 0 Å². The molecule has 1 aromatic heterocycles. The fourth-order valence-electron chi connectivity index (χ4n) is 1.83. The van der Waals surface area contributed by atoms with Gasteiger partial charge in [-0.1, -0.05) is 18.2 Å². The number of nitriles is 1. The van der Waals surface area contributed by atoms with E-state index in [1.54, 1.807) is 30.5 Å². The van der Waals surface area contributed by atoms with Crippen molar-refractivity contribution >= 4 is 5.91 Å². The van der Waals surface area contributed by atoms with Gasteiger partial charge in [-0.3, -0.25) is 9.78 Å². The Kier molecular flexibility index (Phi) is 4.06. The number of hydrogen-bond acceptors (Lipinski definition) is 3. The van der Waals surface area contributed by atoms with E-state index in [0.29, 0.717) is 5.69 Å². The fraction of sp³-hybridized carbons (Fsp3) is 0.133. The molecule has 5 heteroatoms. The third kappa shape index (κ3) is 2.64. The summed E-state index contributed by atoms with van der Waals surface area (Å²) in [7, 11) is 1.46. The number of hydrogen-bond donors (Lipinski definition) is 0. The molecule has 1 unspecified atom stereocenters. The second kappa shape index (κ2) is 5.93. The molecule has 0 aliphatic rings. The monoisotopic (exact) mass is 269 g/mol. The van der Waals surface area contributed by atoms with Crippen LogP contribution in [0.5, 0.6) is 0 Å². The van der Waals surface area contributed by atoms with Crippen LogP contribution in [-0.4, -0.2) is 22.8 Å². The summed E-state index contributed by atoms with van der Waals surface area (Å²) in [5.74, 6) is -1.16. The molecule has 1 heterocycles. The van der Waals surface area contributed by atoms with Crippen LogP contribution in [0.15, 0.2) is 48.7 Å². The van der Waals surface area contributed by atoms with E-state index >= 15 is 0 Å². The smallest absolute Gasteiger partial charge is 0.257 e. The van der Waals surface area contributed by atoms with Crippen molar-refractivity contribution in [2.24, 2.45) is 0 Å². The molecule has 0 aliphatic heterocycles. The van der Waals surface area contributed by atoms with E-state index in [9.17, 15) is 14.4 Å². The molecule has 0 radical (unpaired) electrons. The van der Waals surface area contributed by atoms with Gasteiger partial charge in [-0.15, -0.1) is 0 Å². The number of aromatic nitrogens is 1. The lowest BCUT2D eigenvalue weighted by molar-refractivity contribution is 0.0756. The Morgan fingerprint density at radius 2 is 2.00 bits per heavy atom. The normalized spacial score (nSPS) is 11.4. The van der Waals surface area contributed by atoms with Crippen LogP contribution in [-0.2, 0) is 0 Å². The zero-order chi connectivity index (χ0) is 14.5. The largest absolute Gasteiger partial charge is 0.320 e. The number of amides is 1. The van der Waals surface area contributed by atoms with Crippen molar-refractivity contribution in [1.29, 1.82) is 5.26 Å². The van der Waals surface area contributed by atoms with Gasteiger partial charge in [0.05, 0.1) is 17.3 Å². The van der Waals surface area contributed by atoms with Crippen molar-refractivity contribution in [3.63, 3.8) is 0 Å². The first-order chi connectivity index (χ1) is 9.65. The number of halogens is 1. The average molecular weight is 269 g/mol. The summed E-state index contributed by atoms with van der Waals surface area (Å²) in [5, 5.41) is 9.24. The van der Waals surface area contributed by atoms with Crippen molar-refractivity contribution in [3.05, 3.63) is 65.7 Å². The first-order valence-corrected chi connectivity index (χ1v) is 5.97. The maximum atomic E-state index is 13.6. The Bertz CT molecular complexity index is 652. The summed E-state index contributed by atoms with van der Waals surface area (Å²) >= 11 is 0. The van der Waals surface area contributed by atoms with Crippen LogP contribution in [0.4, 0.5) is 4.39 Å². The molecule has 0 saturated carbocycles. The number of pyridine rings is 1. The van der Waals surface area contributed by atoms with Crippen LogP contribution in [0, 0.1) is 17.1 Å². The van der Waals surface area contributed by atoms with Gasteiger partial charge in [-0.25, -0.2) is 4.39 Å². The summed E-state index contributed by atoms with van der Waals surface area (Å²) in [6, 6.07) is 11.9. The van der Waals surface area contributed by atoms with Crippen LogP contribution in [0.1, 0.15) is 22.1 Å². The first kappa shape index (κ1) is 13.7. The highest BCUT2D eigenvalue weighted by Gasteiger charge is 2.24. The summed E-state index contributed by atoms with van der Waals surface area (Å²) in [5.41, 5.74) is 0.383. The van der Waals surface area contributed by atoms with Crippen molar-refractivity contribution in [2.75, 3.05) is 7.05 Å². The summed E-state index contributed by atoms with van der Waals surface area (Å²) in [6.45, 7) is 0. The molecule has 100 valence electrons. The predicted molar refractivity (Wildman–Crippen MR) is 71.1 cm³/mol. The molecule has 2 aromatic rings. The standard InChI is InChI=1S/C15H12FN3O/c1-19(14(10-17)13-8-4-5-9-18-13)15(20)11-6-2-3-7-12(11)16/h2-9,14H,1H3. The van der Waals surface area contributed by atoms with Crippen LogP contribution in [0.2, 0.25) is 0 Å². The van der Waals surface area contributed by atoms with Crippen LogP contribution < -0.4 is 0 Å². The number of rotatable bonds is 3. The van der Waals surface area contributed by atoms with Gasteiger partial charge in [0.2, 0.25) is 0 Å². The summed E-state index contributed by atoms with van der Waals surface area (Å²) in [6.07, 6.45) is 1.54. The predicted octanol–water partition coefficient (Wildman–Crippen LogP) is 2.56. The van der Waals surface area contributed by atoms with E-state index in [0.717, 1.165) is 0 Å². The Hall–Kier alpha value is -2.74. The second-order valence-corrected chi connectivity index (χ2v) is 4.18. The lowest BCUT2D eigenvalue weighted by Gasteiger charge is -2.22. The Balaban J connectivity index is 2.31. The molecule has 20 heavy (non-hydrogen) atoms. The molecule has 1 aromatic carbocycles. The van der Waals surface area contributed by atoms with Gasteiger partial charge in [0, 0.05) is 13.2 Å². The SMILES string of the molecule is CN(C(=O)c1ccccc1F)C(C#N)c1ccccn1. The van der Waals surface area contributed by atoms with Crippen LogP contribution in [0.25, 0.3) is 0 Å². The van der Waals surface area contributed by atoms with Crippen molar-refractivity contribution in [2.45, 2.75) is 6.04 Å². The first-order valence-electron chi connectivity index (χ1n) is 5.97. The molecule has 2 rings (SSSR count). The fourth-order valence-corrected chi connectivity index (χ4v) is 1.83. The minimum Gasteiger partial charge on any atom is -0.320 e. The Labute approximate surface area is 116 Å². The van der Waals surface area contributed by atoms with Gasteiger partial charge >= 0.3 is 0 Å². The van der Waals surface area contributed by atoms with Gasteiger partial charge in [0.15, 0.2) is 6.04 Å². The highest BCUT2D eigenvalue weighted by molar-refractivity contribution is 5.94. The highest BCUT2D eigenvalue weighted by atomic mass is 19.1. The van der Waals surface area contributed by atoms with E-state index in [1.807, 2.05) is 6.07 Å². The van der Waals surface area contributed by atoms with E-state index in [-0.39, 0.29) is 5.56 Å². The van der Waals surface area contributed by atoms with E-state index in [1.165, 1.54) is 30.1 Å². The van der Waals surface area contributed by atoms with Gasteiger partial charge in [0.1, 0.15) is 5.82 Å². The maximum absolute atomic E-state index is 13.6. The highest BCUT2D eigenvalue weighted by Crippen LogP contribution is 2.19. The molecular formula is C15H12FN3O. The zero-order valence-corrected chi connectivity index (χ0v) is 10.8. The van der Waals surface area contributed by atoms with Crippen LogP contribution in [0.3, 0.4) is 0 Å². The van der Waals surface area contributed by atoms with Crippen molar-refractivity contribution in [3.8, 4) is 6.07 Å². The Morgan fingerprint density at radius 3 is 2.60 bits per heavy atom. The van der Waals surface area contributed by atoms with E-state index in [2.05, 4.69) is 4.98 Å². The molecule has 0 bridgehead atoms. The number of nitrogens with zero attached hydrogens (tertiary/aromatic N) is 3. The third-order valence-corrected chi connectivity index (χ3v) is 2.90. The zero-order valence-electron chi connectivity index (χ0n) is 10.8. The minimum atomic E-state index is -0.858. The lowest BCUT2D eigenvalue weighted by Crippen LogP contribution is -2.31. The maximum Gasteiger partial charge on any atom is 0.257 e. The second-order valence-electron chi connectivity index (χ2n) is 4.18. The molecule has 0 aliphatic carbocycles. The van der Waals surface area contributed by atoms with Gasteiger partial charge in [-0.05, 0) is 24.3 Å². The third-order valence-electron chi connectivity index (χ3n) is 2.90. The summed E-state index contributed by atoms with van der Waals surface area (Å²) < 4.78 is 13.6. The molecular weight excluding hydrogens is 257 g/mol. The summed E-state index contributed by atoms with van der Waals surface area (Å²) in [4.78, 5) is 17.5. The van der Waals surface area contributed by atoms with E-state index < -0.39 is 17.8 Å². The molecule has 1 atom stereocenters. The van der Waals surface area contributed by atoms with E-state index in [4.69, 9.17) is 0 Å².